The number of nitrogens with zero attached hydrogens (tertiary/aromatic N) is 1. The van der Waals surface area contributed by atoms with Gasteiger partial charge in [0.15, 0.2) is 0 Å². The standard InChI is InChI=1S/C19H19ClN2O4/c1-11-15(18(23)25-3)17(13-7-4-5-8-14(13)20)16(12(2)22-11)19(24)26-10-6-9-21/h4-5,7-8,17,22H,6,10H2,1-3H3. The van der Waals surface area contributed by atoms with Crippen LogP contribution in [0.4, 0.5) is 0 Å². The summed E-state index contributed by atoms with van der Waals surface area (Å²) in [6.07, 6.45) is 0.0843. The summed E-state index contributed by atoms with van der Waals surface area (Å²) in [5.41, 5.74) is 2.29. The maximum absolute atomic E-state index is 12.7. The molecule has 1 heterocycles. The summed E-state index contributed by atoms with van der Waals surface area (Å²) in [5.74, 6) is -1.90. The van der Waals surface area contributed by atoms with Crippen molar-refractivity contribution in [2.45, 2.75) is 26.2 Å². The Morgan fingerprint density at radius 1 is 1.19 bits per heavy atom. The molecule has 136 valence electrons. The molecule has 1 aliphatic rings. The van der Waals surface area contributed by atoms with Gasteiger partial charge in [-0.05, 0) is 25.5 Å². The highest BCUT2D eigenvalue weighted by Gasteiger charge is 2.38. The van der Waals surface area contributed by atoms with Gasteiger partial charge in [0.25, 0.3) is 0 Å². The van der Waals surface area contributed by atoms with E-state index in [9.17, 15) is 9.59 Å². The van der Waals surface area contributed by atoms with Crippen molar-refractivity contribution in [2.75, 3.05) is 13.7 Å². The van der Waals surface area contributed by atoms with Gasteiger partial charge in [-0.15, -0.1) is 0 Å². The third-order valence-corrected chi connectivity index (χ3v) is 4.39. The Morgan fingerprint density at radius 3 is 2.38 bits per heavy atom. The number of carbonyl (C=O) groups excluding carboxylic acids is 2. The van der Waals surface area contributed by atoms with E-state index in [0.29, 0.717) is 27.6 Å². The highest BCUT2D eigenvalue weighted by atomic mass is 35.5. The van der Waals surface area contributed by atoms with Crippen LogP contribution in [0.25, 0.3) is 0 Å². The summed E-state index contributed by atoms with van der Waals surface area (Å²) in [4.78, 5) is 25.1. The van der Waals surface area contributed by atoms with Crippen LogP contribution >= 0.6 is 11.6 Å². The average Bonchev–Trinajstić information content (AvgIpc) is 2.61. The zero-order valence-electron chi connectivity index (χ0n) is 14.8. The third kappa shape index (κ3) is 3.89. The lowest BCUT2D eigenvalue weighted by Gasteiger charge is -2.30. The smallest absolute Gasteiger partial charge is 0.336 e. The fourth-order valence-electron chi connectivity index (χ4n) is 2.93. The van der Waals surface area contributed by atoms with E-state index in [4.69, 9.17) is 26.3 Å². The van der Waals surface area contributed by atoms with Crippen LogP contribution in [0.5, 0.6) is 0 Å². The molecule has 1 aromatic carbocycles. The van der Waals surface area contributed by atoms with Gasteiger partial charge in [-0.2, -0.15) is 5.26 Å². The maximum Gasteiger partial charge on any atom is 0.336 e. The second kappa shape index (κ2) is 8.54. The molecular formula is C19H19ClN2O4. The minimum atomic E-state index is -0.730. The summed E-state index contributed by atoms with van der Waals surface area (Å²) in [5, 5.41) is 12.1. The summed E-state index contributed by atoms with van der Waals surface area (Å²) in [7, 11) is 1.28. The minimum Gasteiger partial charge on any atom is -0.466 e. The largest absolute Gasteiger partial charge is 0.466 e. The van der Waals surface area contributed by atoms with Crippen molar-refractivity contribution in [3.63, 3.8) is 0 Å². The van der Waals surface area contributed by atoms with Gasteiger partial charge >= 0.3 is 11.9 Å². The molecule has 0 aliphatic carbocycles. The zero-order chi connectivity index (χ0) is 19.3. The predicted molar refractivity (Wildman–Crippen MR) is 95.9 cm³/mol. The predicted octanol–water partition coefficient (Wildman–Crippen LogP) is 3.20. The molecule has 0 spiro atoms. The Hall–Kier alpha value is -2.78. The van der Waals surface area contributed by atoms with Gasteiger partial charge in [-0.25, -0.2) is 9.59 Å². The normalized spacial score (nSPS) is 16.7. The Kier molecular flexibility index (Phi) is 6.42. The number of allylic oxidation sites excluding steroid dienone is 2. The number of rotatable bonds is 5. The third-order valence-electron chi connectivity index (χ3n) is 4.05. The fraction of sp³-hybridized carbons (Fsp3) is 0.316. The van der Waals surface area contributed by atoms with E-state index in [1.165, 1.54) is 7.11 Å². The molecule has 0 saturated heterocycles. The first-order valence-electron chi connectivity index (χ1n) is 7.97. The molecule has 0 amide bonds. The Labute approximate surface area is 157 Å². The lowest BCUT2D eigenvalue weighted by Crippen LogP contribution is -2.32. The zero-order valence-corrected chi connectivity index (χ0v) is 15.5. The number of esters is 2. The van der Waals surface area contributed by atoms with Crippen LogP contribution in [0, 0.1) is 11.3 Å². The van der Waals surface area contributed by atoms with Crippen LogP contribution in [-0.4, -0.2) is 25.7 Å². The first-order chi connectivity index (χ1) is 12.4. The first-order valence-corrected chi connectivity index (χ1v) is 8.35. The highest BCUT2D eigenvalue weighted by molar-refractivity contribution is 6.31. The molecule has 1 unspecified atom stereocenters. The number of halogens is 1. The first kappa shape index (κ1) is 19.5. The van der Waals surface area contributed by atoms with Crippen LogP contribution < -0.4 is 5.32 Å². The van der Waals surface area contributed by atoms with Gasteiger partial charge in [0.05, 0.1) is 36.7 Å². The summed E-state index contributed by atoms with van der Waals surface area (Å²) >= 11 is 6.35. The average molecular weight is 375 g/mol. The topological polar surface area (TPSA) is 88.4 Å². The number of ether oxygens (including phenoxy) is 2. The number of methoxy groups -OCH3 is 1. The molecule has 0 radical (unpaired) electrons. The maximum atomic E-state index is 12.7. The van der Waals surface area contributed by atoms with Gasteiger partial charge in [0, 0.05) is 16.4 Å². The second-order valence-electron chi connectivity index (χ2n) is 5.69. The van der Waals surface area contributed by atoms with Gasteiger partial charge in [0.2, 0.25) is 0 Å². The number of hydrogen-bond acceptors (Lipinski definition) is 6. The van der Waals surface area contributed by atoms with Gasteiger partial charge in [-0.3, -0.25) is 0 Å². The molecule has 1 aromatic rings. The second-order valence-corrected chi connectivity index (χ2v) is 6.10. The summed E-state index contributed by atoms with van der Waals surface area (Å²) in [6.45, 7) is 3.43. The number of dihydropyridines is 1. The number of nitriles is 1. The van der Waals surface area contributed by atoms with E-state index >= 15 is 0 Å². The van der Waals surface area contributed by atoms with Crippen molar-refractivity contribution in [3.05, 3.63) is 57.4 Å². The van der Waals surface area contributed by atoms with Crippen molar-refractivity contribution in [3.8, 4) is 6.07 Å². The van der Waals surface area contributed by atoms with E-state index in [1.807, 2.05) is 6.07 Å². The minimum absolute atomic E-state index is 0.0301. The van der Waals surface area contributed by atoms with Crippen LogP contribution in [0.2, 0.25) is 5.02 Å². The molecule has 0 saturated carbocycles. The van der Waals surface area contributed by atoms with Gasteiger partial charge in [-0.1, -0.05) is 29.8 Å². The van der Waals surface area contributed by atoms with Crippen molar-refractivity contribution in [1.82, 2.24) is 5.32 Å². The van der Waals surface area contributed by atoms with Crippen molar-refractivity contribution >= 4 is 23.5 Å². The molecule has 1 atom stereocenters. The number of nitrogens with one attached hydrogen (secondary N) is 1. The summed E-state index contributed by atoms with van der Waals surface area (Å²) in [6, 6.07) is 8.91. The molecule has 26 heavy (non-hydrogen) atoms. The highest BCUT2D eigenvalue weighted by Crippen LogP contribution is 2.41. The molecule has 6 nitrogen and oxygen atoms in total. The molecule has 2 rings (SSSR count). The SMILES string of the molecule is COC(=O)C1=C(C)NC(C)=C(C(=O)OCCC#N)C1c1ccccc1Cl. The lowest BCUT2D eigenvalue weighted by molar-refractivity contribution is -0.139. The molecule has 1 aliphatic heterocycles. The Morgan fingerprint density at radius 2 is 1.81 bits per heavy atom. The van der Waals surface area contributed by atoms with Crippen molar-refractivity contribution in [1.29, 1.82) is 5.26 Å². The Balaban J connectivity index is 2.58. The van der Waals surface area contributed by atoms with E-state index < -0.39 is 17.9 Å². The van der Waals surface area contributed by atoms with Crippen LogP contribution in [0.15, 0.2) is 46.8 Å². The van der Waals surface area contributed by atoms with E-state index in [0.717, 1.165) is 0 Å². The van der Waals surface area contributed by atoms with E-state index in [-0.39, 0.29) is 18.6 Å². The van der Waals surface area contributed by atoms with Crippen molar-refractivity contribution < 1.29 is 19.1 Å². The lowest BCUT2D eigenvalue weighted by atomic mass is 9.80. The number of benzene rings is 1. The van der Waals surface area contributed by atoms with E-state index in [2.05, 4.69) is 5.32 Å². The monoisotopic (exact) mass is 374 g/mol. The van der Waals surface area contributed by atoms with Crippen LogP contribution in [0.1, 0.15) is 31.7 Å². The fourth-order valence-corrected chi connectivity index (χ4v) is 3.18. The summed E-state index contributed by atoms with van der Waals surface area (Å²) < 4.78 is 10.1. The van der Waals surface area contributed by atoms with Crippen LogP contribution in [0.3, 0.4) is 0 Å². The quantitative estimate of drug-likeness (QED) is 0.629. The molecule has 0 aromatic heterocycles. The molecule has 0 bridgehead atoms. The molecule has 7 heteroatoms. The molecule has 0 fully saturated rings. The van der Waals surface area contributed by atoms with Crippen LogP contribution in [-0.2, 0) is 19.1 Å². The van der Waals surface area contributed by atoms with Crippen molar-refractivity contribution in [2.24, 2.45) is 0 Å². The molecular weight excluding hydrogens is 356 g/mol. The van der Waals surface area contributed by atoms with Gasteiger partial charge < -0.3 is 14.8 Å². The van der Waals surface area contributed by atoms with E-state index in [1.54, 1.807) is 38.1 Å². The molecule has 1 N–H and O–H groups in total. The van der Waals surface area contributed by atoms with Gasteiger partial charge in [0.1, 0.15) is 6.61 Å². The number of carbonyl (C=O) groups is 2. The Bertz CT molecular complexity index is 836. The number of hydrogen-bond donors (Lipinski definition) is 1.